The van der Waals surface area contributed by atoms with Crippen molar-refractivity contribution in [2.75, 3.05) is 0 Å². The lowest BCUT2D eigenvalue weighted by atomic mass is 10.2. The molecule has 6 heteroatoms. The standard InChI is InChI=1S/C7H5Br3F2S/c1-7(11,12)5(9)4-2-3(8)6(10)13-4/h2,5H,1H3. The van der Waals surface area contributed by atoms with Gasteiger partial charge in [0, 0.05) is 16.3 Å². The van der Waals surface area contributed by atoms with Crippen molar-refractivity contribution in [2.45, 2.75) is 17.7 Å². The first kappa shape index (κ1) is 12.1. The molecule has 0 aromatic carbocycles. The summed E-state index contributed by atoms with van der Waals surface area (Å²) in [5, 5.41) is 0. The van der Waals surface area contributed by atoms with E-state index >= 15 is 0 Å². The van der Waals surface area contributed by atoms with Gasteiger partial charge in [-0.25, -0.2) is 8.78 Å². The van der Waals surface area contributed by atoms with E-state index in [0.29, 0.717) is 4.88 Å². The van der Waals surface area contributed by atoms with E-state index in [9.17, 15) is 8.78 Å². The average Bonchev–Trinajstić information content (AvgIpc) is 2.29. The van der Waals surface area contributed by atoms with Crippen LogP contribution >= 0.6 is 59.1 Å². The van der Waals surface area contributed by atoms with Crippen molar-refractivity contribution < 1.29 is 8.78 Å². The molecule has 0 aliphatic heterocycles. The SMILES string of the molecule is CC(F)(F)C(Br)c1cc(Br)c(Br)s1. The van der Waals surface area contributed by atoms with Gasteiger partial charge < -0.3 is 0 Å². The topological polar surface area (TPSA) is 0 Å². The molecule has 1 heterocycles. The van der Waals surface area contributed by atoms with Crippen molar-refractivity contribution in [3.05, 3.63) is 19.2 Å². The first-order valence-electron chi connectivity index (χ1n) is 3.29. The molecular weight excluding hydrogens is 394 g/mol. The molecule has 0 nitrogen and oxygen atoms in total. The summed E-state index contributed by atoms with van der Waals surface area (Å²) in [5.41, 5.74) is 0. The van der Waals surface area contributed by atoms with Crippen molar-refractivity contribution in [3.63, 3.8) is 0 Å². The van der Waals surface area contributed by atoms with Gasteiger partial charge in [-0.3, -0.25) is 0 Å². The highest BCUT2D eigenvalue weighted by Gasteiger charge is 2.34. The van der Waals surface area contributed by atoms with Crippen molar-refractivity contribution in [3.8, 4) is 0 Å². The van der Waals surface area contributed by atoms with Gasteiger partial charge in [0.25, 0.3) is 5.92 Å². The Kier molecular flexibility index (Phi) is 3.94. The highest BCUT2D eigenvalue weighted by molar-refractivity contribution is 9.13. The number of hydrogen-bond donors (Lipinski definition) is 0. The molecule has 0 amide bonds. The molecule has 0 N–H and O–H groups in total. The van der Waals surface area contributed by atoms with E-state index in [-0.39, 0.29) is 0 Å². The van der Waals surface area contributed by atoms with Crippen LogP contribution in [-0.4, -0.2) is 5.92 Å². The van der Waals surface area contributed by atoms with E-state index < -0.39 is 10.7 Å². The van der Waals surface area contributed by atoms with Crippen LogP contribution in [0.3, 0.4) is 0 Å². The second-order valence-corrected chi connectivity index (χ2v) is 6.76. The zero-order chi connectivity index (χ0) is 10.2. The lowest BCUT2D eigenvalue weighted by Gasteiger charge is -2.15. The molecule has 0 aliphatic rings. The molecule has 0 radical (unpaired) electrons. The van der Waals surface area contributed by atoms with Crippen molar-refractivity contribution >= 4 is 59.1 Å². The Balaban J connectivity index is 2.96. The van der Waals surface area contributed by atoms with Crippen LogP contribution in [0, 0.1) is 0 Å². The van der Waals surface area contributed by atoms with Gasteiger partial charge in [0.05, 0.1) is 3.79 Å². The third-order valence-corrected chi connectivity index (χ3v) is 6.28. The van der Waals surface area contributed by atoms with Gasteiger partial charge in [0.1, 0.15) is 4.83 Å². The van der Waals surface area contributed by atoms with E-state index in [1.54, 1.807) is 6.07 Å². The van der Waals surface area contributed by atoms with Crippen LogP contribution in [0.15, 0.2) is 14.3 Å². The summed E-state index contributed by atoms with van der Waals surface area (Å²) in [6.45, 7) is 0.897. The average molecular weight is 399 g/mol. The van der Waals surface area contributed by atoms with E-state index in [0.717, 1.165) is 15.2 Å². The molecule has 0 spiro atoms. The summed E-state index contributed by atoms with van der Waals surface area (Å²) < 4.78 is 27.4. The Bertz CT molecular complexity index is 286. The maximum atomic E-state index is 12.9. The molecule has 0 fully saturated rings. The molecule has 1 aromatic heterocycles. The van der Waals surface area contributed by atoms with Crippen molar-refractivity contribution in [2.24, 2.45) is 0 Å². The van der Waals surface area contributed by atoms with Gasteiger partial charge in [0.2, 0.25) is 0 Å². The first-order valence-corrected chi connectivity index (χ1v) is 6.61. The predicted molar refractivity (Wildman–Crippen MR) is 62.0 cm³/mol. The zero-order valence-electron chi connectivity index (χ0n) is 6.45. The zero-order valence-corrected chi connectivity index (χ0v) is 12.0. The number of alkyl halides is 3. The molecule has 13 heavy (non-hydrogen) atoms. The van der Waals surface area contributed by atoms with E-state index in [2.05, 4.69) is 47.8 Å². The van der Waals surface area contributed by atoms with Crippen LogP contribution in [0.4, 0.5) is 8.78 Å². The largest absolute Gasteiger partial charge is 0.262 e. The maximum absolute atomic E-state index is 12.9. The molecule has 1 atom stereocenters. The van der Waals surface area contributed by atoms with Crippen molar-refractivity contribution in [1.82, 2.24) is 0 Å². The second kappa shape index (κ2) is 4.24. The molecule has 0 bridgehead atoms. The quantitative estimate of drug-likeness (QED) is 0.588. The third-order valence-electron chi connectivity index (χ3n) is 1.36. The summed E-state index contributed by atoms with van der Waals surface area (Å²) in [6, 6.07) is 1.69. The van der Waals surface area contributed by atoms with Crippen LogP contribution in [0.2, 0.25) is 0 Å². The van der Waals surface area contributed by atoms with E-state index in [1.807, 2.05) is 0 Å². The van der Waals surface area contributed by atoms with Gasteiger partial charge in [-0.1, -0.05) is 15.9 Å². The molecule has 1 aromatic rings. The fourth-order valence-corrected chi connectivity index (χ4v) is 3.32. The van der Waals surface area contributed by atoms with Gasteiger partial charge in [-0.2, -0.15) is 0 Å². The Morgan fingerprint density at radius 3 is 2.31 bits per heavy atom. The smallest absolute Gasteiger partial charge is 0.206 e. The Hall–Kier alpha value is 1.000. The van der Waals surface area contributed by atoms with Crippen LogP contribution in [0.25, 0.3) is 0 Å². The van der Waals surface area contributed by atoms with E-state index in [4.69, 9.17) is 0 Å². The summed E-state index contributed by atoms with van der Waals surface area (Å²) in [5.74, 6) is -2.75. The molecule has 0 saturated heterocycles. The summed E-state index contributed by atoms with van der Waals surface area (Å²) in [4.78, 5) is -0.321. The minimum Gasteiger partial charge on any atom is -0.206 e. The Morgan fingerprint density at radius 2 is 2.00 bits per heavy atom. The molecular formula is C7H5Br3F2S. The minimum absolute atomic E-state index is 0.603. The van der Waals surface area contributed by atoms with Gasteiger partial charge in [0.15, 0.2) is 0 Å². The first-order chi connectivity index (χ1) is 5.82. The molecule has 0 saturated carbocycles. The van der Waals surface area contributed by atoms with Crippen molar-refractivity contribution in [1.29, 1.82) is 0 Å². The third kappa shape index (κ3) is 2.97. The lowest BCUT2D eigenvalue weighted by Crippen LogP contribution is -2.15. The highest BCUT2D eigenvalue weighted by atomic mass is 79.9. The monoisotopic (exact) mass is 396 g/mol. The van der Waals surface area contributed by atoms with Crippen LogP contribution in [-0.2, 0) is 0 Å². The fraction of sp³-hybridized carbons (Fsp3) is 0.429. The maximum Gasteiger partial charge on any atom is 0.262 e. The highest BCUT2D eigenvalue weighted by Crippen LogP contribution is 2.44. The number of halogens is 5. The van der Waals surface area contributed by atoms with Gasteiger partial charge >= 0.3 is 0 Å². The van der Waals surface area contributed by atoms with E-state index in [1.165, 1.54) is 11.3 Å². The summed E-state index contributed by atoms with van der Waals surface area (Å²) in [7, 11) is 0. The van der Waals surface area contributed by atoms with Crippen LogP contribution in [0.5, 0.6) is 0 Å². The Morgan fingerprint density at radius 1 is 1.46 bits per heavy atom. The molecule has 1 rings (SSSR count). The summed E-state index contributed by atoms with van der Waals surface area (Å²) >= 11 is 10.8. The molecule has 1 unspecified atom stereocenters. The number of rotatable bonds is 2. The van der Waals surface area contributed by atoms with Gasteiger partial charge in [-0.05, 0) is 37.9 Å². The predicted octanol–water partition coefficient (Wildman–Crippen LogP) is 5.36. The van der Waals surface area contributed by atoms with Crippen LogP contribution in [0.1, 0.15) is 16.6 Å². The fourth-order valence-electron chi connectivity index (χ4n) is 0.738. The number of hydrogen-bond acceptors (Lipinski definition) is 1. The Labute approximate surface area is 104 Å². The summed E-state index contributed by atoms with van der Waals surface area (Å²) in [6.07, 6.45) is 0. The van der Waals surface area contributed by atoms with Crippen LogP contribution < -0.4 is 0 Å². The number of thiophene rings is 1. The second-order valence-electron chi connectivity index (χ2n) is 2.59. The molecule has 0 aliphatic carbocycles. The van der Waals surface area contributed by atoms with Gasteiger partial charge in [-0.15, -0.1) is 11.3 Å². The minimum atomic E-state index is -2.75. The normalized spacial score (nSPS) is 14.6. The molecule has 74 valence electrons. The lowest BCUT2D eigenvalue weighted by molar-refractivity contribution is 0.0221.